The third-order valence-corrected chi connectivity index (χ3v) is 8.92. The van der Waals surface area contributed by atoms with E-state index < -0.39 is 11.7 Å². The molecule has 5 nitrogen and oxygen atoms in total. The molecule has 1 aliphatic carbocycles. The largest absolute Gasteiger partial charge is 0.416 e. The topological polar surface area (TPSA) is 54.2 Å². The monoisotopic (exact) mass is 540 g/mol. The predicted molar refractivity (Wildman–Crippen MR) is 145 cm³/mol. The van der Waals surface area contributed by atoms with Crippen LogP contribution in [0.25, 0.3) is 0 Å². The predicted octanol–water partition coefficient (Wildman–Crippen LogP) is 7.45. The summed E-state index contributed by atoms with van der Waals surface area (Å²) in [5, 5.41) is 19.2. The van der Waals surface area contributed by atoms with Gasteiger partial charge in [-0.05, 0) is 75.1 Å². The number of nitrogens with zero attached hydrogens (tertiary/aromatic N) is 4. The van der Waals surface area contributed by atoms with Crippen molar-refractivity contribution in [2.24, 2.45) is 13.0 Å². The van der Waals surface area contributed by atoms with Gasteiger partial charge in [-0.3, -0.25) is 0 Å². The first-order valence-corrected chi connectivity index (χ1v) is 14.8. The van der Waals surface area contributed by atoms with E-state index in [1.165, 1.54) is 25.0 Å². The van der Waals surface area contributed by atoms with E-state index in [0.717, 1.165) is 73.9 Å². The molecular weight excluding hydrogens is 497 g/mol. The third kappa shape index (κ3) is 7.88. The van der Waals surface area contributed by atoms with Gasteiger partial charge in [0, 0.05) is 37.0 Å². The summed E-state index contributed by atoms with van der Waals surface area (Å²) in [6, 6.07) is 6.03. The number of rotatable bonds is 8. The first-order chi connectivity index (χ1) is 17.7. The molecule has 0 spiro atoms. The highest BCUT2D eigenvalue weighted by Gasteiger charge is 2.33. The molecule has 2 unspecified atom stereocenters. The molecule has 2 aliphatic rings. The second-order valence-electron chi connectivity index (χ2n) is 10.3. The lowest BCUT2D eigenvalue weighted by Crippen LogP contribution is -2.32. The van der Waals surface area contributed by atoms with Gasteiger partial charge >= 0.3 is 6.18 Å². The Bertz CT molecular complexity index is 942. The van der Waals surface area contributed by atoms with Gasteiger partial charge in [-0.25, -0.2) is 0 Å². The first kappa shape index (κ1) is 29.8. The number of aromatic nitrogens is 3. The molecule has 1 aromatic carbocycles. The van der Waals surface area contributed by atoms with Crippen molar-refractivity contribution in [2.45, 2.75) is 108 Å². The highest BCUT2D eigenvalue weighted by molar-refractivity contribution is 7.99. The zero-order valence-electron chi connectivity index (χ0n) is 22.7. The molecular formula is C28H43F3N4OS. The van der Waals surface area contributed by atoms with Crippen LogP contribution in [0.4, 0.5) is 18.9 Å². The summed E-state index contributed by atoms with van der Waals surface area (Å²) in [7, 11) is 2.06. The molecule has 0 bridgehead atoms. The fourth-order valence-electron chi connectivity index (χ4n) is 5.56. The van der Waals surface area contributed by atoms with Crippen molar-refractivity contribution in [3.63, 3.8) is 0 Å². The Morgan fingerprint density at radius 1 is 0.973 bits per heavy atom. The minimum atomic E-state index is -4.25. The SMILES string of the molecule is CCC1CCN(c2ccc(C(F)(F)F)cc2)C1CC.CCCCSc1nnc(C2CCC(O)CC2)n1C. The number of thioether (sulfide) groups is 1. The summed E-state index contributed by atoms with van der Waals surface area (Å²) in [4.78, 5) is 2.26. The maximum Gasteiger partial charge on any atom is 0.416 e. The minimum Gasteiger partial charge on any atom is -0.393 e. The number of hydrogen-bond donors (Lipinski definition) is 1. The van der Waals surface area contributed by atoms with Crippen LogP contribution in [-0.4, -0.2) is 44.3 Å². The van der Waals surface area contributed by atoms with E-state index in [1.807, 2.05) is 0 Å². The fraction of sp³-hybridized carbons (Fsp3) is 0.714. The summed E-state index contributed by atoms with van der Waals surface area (Å²) >= 11 is 1.80. The number of aliphatic hydroxyl groups is 1. The summed E-state index contributed by atoms with van der Waals surface area (Å²) in [5.41, 5.74) is 0.339. The van der Waals surface area contributed by atoms with Crippen molar-refractivity contribution in [1.29, 1.82) is 0 Å². The number of hydrogen-bond acceptors (Lipinski definition) is 5. The van der Waals surface area contributed by atoms with E-state index >= 15 is 0 Å². The Hall–Kier alpha value is -1.74. The number of anilines is 1. The zero-order valence-corrected chi connectivity index (χ0v) is 23.5. The van der Waals surface area contributed by atoms with Gasteiger partial charge in [0.2, 0.25) is 0 Å². The highest BCUT2D eigenvalue weighted by Crippen LogP contribution is 2.36. The van der Waals surface area contributed by atoms with Gasteiger partial charge in [-0.15, -0.1) is 10.2 Å². The average Bonchev–Trinajstić information content (AvgIpc) is 3.48. The molecule has 9 heteroatoms. The Balaban J connectivity index is 0.000000206. The van der Waals surface area contributed by atoms with Gasteiger partial charge in [0.05, 0.1) is 11.7 Å². The van der Waals surface area contributed by atoms with Crippen LogP contribution in [0.3, 0.4) is 0 Å². The summed E-state index contributed by atoms with van der Waals surface area (Å²) in [5.74, 6) is 3.35. The molecule has 1 aromatic heterocycles. The van der Waals surface area contributed by atoms with Crippen LogP contribution < -0.4 is 4.90 Å². The Labute approximate surface area is 224 Å². The van der Waals surface area contributed by atoms with Crippen LogP contribution in [0.1, 0.15) is 95.9 Å². The minimum absolute atomic E-state index is 0.104. The molecule has 0 amide bonds. The van der Waals surface area contributed by atoms with Crippen molar-refractivity contribution < 1.29 is 18.3 Å². The van der Waals surface area contributed by atoms with Crippen molar-refractivity contribution >= 4 is 17.4 Å². The van der Waals surface area contributed by atoms with E-state index in [1.54, 1.807) is 23.9 Å². The van der Waals surface area contributed by atoms with Crippen LogP contribution in [0.2, 0.25) is 0 Å². The molecule has 37 heavy (non-hydrogen) atoms. The molecule has 4 rings (SSSR count). The van der Waals surface area contributed by atoms with Gasteiger partial charge in [0.1, 0.15) is 5.82 Å². The van der Waals surface area contributed by atoms with Crippen LogP contribution in [0.15, 0.2) is 29.4 Å². The molecule has 208 valence electrons. The molecule has 1 saturated carbocycles. The second-order valence-corrected chi connectivity index (χ2v) is 11.3. The quantitative estimate of drug-likeness (QED) is 0.278. The number of halogens is 3. The van der Waals surface area contributed by atoms with E-state index in [9.17, 15) is 18.3 Å². The van der Waals surface area contributed by atoms with Gasteiger partial charge < -0.3 is 14.6 Å². The van der Waals surface area contributed by atoms with Gasteiger partial charge in [-0.2, -0.15) is 13.2 Å². The molecule has 1 N–H and O–H groups in total. The van der Waals surface area contributed by atoms with E-state index in [4.69, 9.17) is 0 Å². The van der Waals surface area contributed by atoms with Crippen molar-refractivity contribution in [2.75, 3.05) is 17.2 Å². The number of alkyl halides is 3. The molecule has 2 aromatic rings. The van der Waals surface area contributed by atoms with E-state index in [0.29, 0.717) is 17.9 Å². The molecule has 2 heterocycles. The lowest BCUT2D eigenvalue weighted by molar-refractivity contribution is -0.137. The van der Waals surface area contributed by atoms with Crippen LogP contribution >= 0.6 is 11.8 Å². The van der Waals surface area contributed by atoms with E-state index in [-0.39, 0.29) is 6.10 Å². The maximum atomic E-state index is 12.5. The molecule has 1 aliphatic heterocycles. The zero-order chi connectivity index (χ0) is 27.0. The first-order valence-electron chi connectivity index (χ1n) is 13.8. The molecule has 2 atom stereocenters. The Kier molecular flexibility index (Phi) is 11.2. The van der Waals surface area contributed by atoms with Crippen LogP contribution in [0, 0.1) is 5.92 Å². The standard InChI is InChI=1S/C15H20F3N.C13H23N3OS/c1-3-11-9-10-19(14(11)4-2)13-7-5-12(6-8-13)15(16,17)18;1-3-4-9-18-13-15-14-12(16(13)2)10-5-7-11(17)8-6-10/h5-8,11,14H,3-4,9-10H2,1-2H3;10-11,17H,3-9H2,1-2H3. The van der Waals surface area contributed by atoms with Crippen molar-refractivity contribution in [1.82, 2.24) is 14.8 Å². The lowest BCUT2D eigenvalue weighted by Gasteiger charge is -2.29. The molecule has 2 fully saturated rings. The summed E-state index contributed by atoms with van der Waals surface area (Å²) in [6.07, 6.45) is 5.27. The van der Waals surface area contributed by atoms with Crippen molar-refractivity contribution in [3.8, 4) is 0 Å². The van der Waals surface area contributed by atoms with E-state index in [2.05, 4.69) is 47.5 Å². The fourth-order valence-corrected chi connectivity index (χ4v) is 6.56. The number of aliphatic hydroxyl groups excluding tert-OH is 1. The maximum absolute atomic E-state index is 12.5. The molecule has 1 saturated heterocycles. The van der Waals surface area contributed by atoms with Gasteiger partial charge in [-0.1, -0.05) is 45.4 Å². The summed E-state index contributed by atoms with van der Waals surface area (Å²) in [6.45, 7) is 7.48. The number of benzene rings is 1. The Morgan fingerprint density at radius 2 is 1.65 bits per heavy atom. The second kappa shape index (κ2) is 13.9. The third-order valence-electron chi connectivity index (χ3n) is 7.81. The smallest absolute Gasteiger partial charge is 0.393 e. The van der Waals surface area contributed by atoms with Gasteiger partial charge in [0.25, 0.3) is 0 Å². The average molecular weight is 541 g/mol. The molecule has 0 radical (unpaired) electrons. The Morgan fingerprint density at radius 3 is 2.22 bits per heavy atom. The summed E-state index contributed by atoms with van der Waals surface area (Å²) < 4.78 is 39.8. The lowest BCUT2D eigenvalue weighted by atomic mass is 9.87. The number of unbranched alkanes of at least 4 members (excludes halogenated alkanes) is 1. The highest BCUT2D eigenvalue weighted by atomic mass is 32.2. The van der Waals surface area contributed by atoms with Crippen molar-refractivity contribution in [3.05, 3.63) is 35.7 Å². The van der Waals surface area contributed by atoms with Crippen LogP contribution in [-0.2, 0) is 13.2 Å². The normalized spacial score (nSPS) is 24.2. The van der Waals surface area contributed by atoms with Gasteiger partial charge in [0.15, 0.2) is 5.16 Å². The van der Waals surface area contributed by atoms with Crippen LogP contribution in [0.5, 0.6) is 0 Å².